The highest BCUT2D eigenvalue weighted by Gasteiger charge is 2.27. The van der Waals surface area contributed by atoms with Crippen LogP contribution in [0.5, 0.6) is 0 Å². The number of nitrogens with one attached hydrogen (secondary N) is 1. The van der Waals surface area contributed by atoms with Gasteiger partial charge in [0.2, 0.25) is 0 Å². The molecule has 2 aromatic rings. The second-order valence-corrected chi connectivity index (χ2v) is 6.93. The van der Waals surface area contributed by atoms with Crippen molar-refractivity contribution in [2.45, 2.75) is 45.4 Å². The standard InChI is InChI=1S/C18H24N6O/c1-13-11-22(2)15-7-4-3-6-14(15)12-24(13)18(25)19-10-17-21-20-16-8-5-9-23(16)17/h3-4,6-7,13H,5,8-12H2,1-2H3,(H,19,25)/t13-/m1/s1. The van der Waals surface area contributed by atoms with Crippen LogP contribution >= 0.6 is 0 Å². The highest BCUT2D eigenvalue weighted by Crippen LogP contribution is 2.26. The number of benzene rings is 1. The summed E-state index contributed by atoms with van der Waals surface area (Å²) >= 11 is 0. The smallest absolute Gasteiger partial charge is 0.318 e. The van der Waals surface area contributed by atoms with Gasteiger partial charge in [0.25, 0.3) is 0 Å². The second kappa shape index (κ2) is 6.38. The number of carbonyl (C=O) groups excluding carboxylic acids is 1. The maximum absolute atomic E-state index is 12.8. The van der Waals surface area contributed by atoms with E-state index >= 15 is 0 Å². The van der Waals surface area contributed by atoms with Gasteiger partial charge in [-0.05, 0) is 25.0 Å². The van der Waals surface area contributed by atoms with Crippen LogP contribution in [0.3, 0.4) is 0 Å². The summed E-state index contributed by atoms with van der Waals surface area (Å²) in [6.45, 7) is 4.89. The maximum Gasteiger partial charge on any atom is 0.318 e. The molecule has 1 atom stereocenters. The summed E-state index contributed by atoms with van der Waals surface area (Å²) in [7, 11) is 2.08. The number of hydrogen-bond acceptors (Lipinski definition) is 4. The second-order valence-electron chi connectivity index (χ2n) is 6.93. The molecule has 0 aliphatic carbocycles. The number of aromatic nitrogens is 3. The molecule has 2 aliphatic rings. The van der Waals surface area contributed by atoms with E-state index < -0.39 is 0 Å². The van der Waals surface area contributed by atoms with Gasteiger partial charge >= 0.3 is 6.03 Å². The van der Waals surface area contributed by atoms with E-state index in [9.17, 15) is 4.79 Å². The summed E-state index contributed by atoms with van der Waals surface area (Å²) in [6.07, 6.45) is 2.09. The number of para-hydroxylation sites is 1. The van der Waals surface area contributed by atoms with Gasteiger partial charge in [-0.3, -0.25) is 0 Å². The highest BCUT2D eigenvalue weighted by molar-refractivity contribution is 5.75. The quantitative estimate of drug-likeness (QED) is 0.905. The molecule has 2 aliphatic heterocycles. The molecule has 1 aromatic heterocycles. The van der Waals surface area contributed by atoms with Crippen LogP contribution in [-0.2, 0) is 26.1 Å². The Bertz CT molecular complexity index is 786. The lowest BCUT2D eigenvalue weighted by Crippen LogP contribution is -2.46. The predicted octanol–water partition coefficient (Wildman–Crippen LogP) is 1.77. The van der Waals surface area contributed by atoms with Gasteiger partial charge in [-0.15, -0.1) is 10.2 Å². The zero-order valence-corrected chi connectivity index (χ0v) is 14.8. The maximum atomic E-state index is 12.8. The van der Waals surface area contributed by atoms with E-state index in [4.69, 9.17) is 0 Å². The molecule has 2 amide bonds. The number of urea groups is 1. The van der Waals surface area contributed by atoms with Crippen molar-refractivity contribution < 1.29 is 4.79 Å². The van der Waals surface area contributed by atoms with E-state index in [-0.39, 0.29) is 12.1 Å². The SMILES string of the molecule is C[C@@H]1CN(C)c2ccccc2CN1C(=O)NCc1nnc2n1CCC2. The van der Waals surface area contributed by atoms with Crippen LogP contribution < -0.4 is 10.2 Å². The Hall–Kier alpha value is -2.57. The number of hydrogen-bond donors (Lipinski definition) is 1. The summed E-state index contributed by atoms with van der Waals surface area (Å²) in [5.41, 5.74) is 2.37. The molecule has 7 heteroatoms. The lowest BCUT2D eigenvalue weighted by Gasteiger charge is -2.28. The number of amides is 2. The topological polar surface area (TPSA) is 66.3 Å². The Morgan fingerprint density at radius 1 is 1.32 bits per heavy atom. The predicted molar refractivity (Wildman–Crippen MR) is 95.3 cm³/mol. The van der Waals surface area contributed by atoms with Crippen LogP contribution in [0.15, 0.2) is 24.3 Å². The van der Waals surface area contributed by atoms with E-state index in [0.29, 0.717) is 13.1 Å². The summed E-state index contributed by atoms with van der Waals surface area (Å²) in [5.74, 6) is 1.88. The van der Waals surface area contributed by atoms with Crippen molar-refractivity contribution in [1.82, 2.24) is 25.0 Å². The fraction of sp³-hybridized carbons (Fsp3) is 0.500. The first kappa shape index (κ1) is 15.9. The first-order valence-corrected chi connectivity index (χ1v) is 8.88. The van der Waals surface area contributed by atoms with Crippen LogP contribution in [0.25, 0.3) is 0 Å². The summed E-state index contributed by atoms with van der Waals surface area (Å²) in [4.78, 5) is 16.9. The van der Waals surface area contributed by atoms with Gasteiger partial charge in [-0.25, -0.2) is 4.79 Å². The van der Waals surface area contributed by atoms with Crippen molar-refractivity contribution in [3.63, 3.8) is 0 Å². The van der Waals surface area contributed by atoms with Crippen molar-refractivity contribution in [1.29, 1.82) is 0 Å². The number of anilines is 1. The Labute approximate surface area is 147 Å². The normalized spacial score (nSPS) is 19.4. The Morgan fingerprint density at radius 2 is 2.16 bits per heavy atom. The molecule has 7 nitrogen and oxygen atoms in total. The third-order valence-electron chi connectivity index (χ3n) is 5.16. The summed E-state index contributed by atoms with van der Waals surface area (Å²) in [5, 5.41) is 11.4. The molecule has 0 bridgehead atoms. The third-order valence-corrected chi connectivity index (χ3v) is 5.16. The molecule has 1 N–H and O–H groups in total. The number of likely N-dealkylation sites (N-methyl/N-ethyl adjacent to an activating group) is 1. The first-order chi connectivity index (χ1) is 12.1. The van der Waals surface area contributed by atoms with Crippen molar-refractivity contribution >= 4 is 11.7 Å². The van der Waals surface area contributed by atoms with Crippen LogP contribution in [-0.4, -0.2) is 45.3 Å². The average molecular weight is 340 g/mol. The molecule has 0 saturated carbocycles. The van der Waals surface area contributed by atoms with Gasteiger partial charge < -0.3 is 19.7 Å². The van der Waals surface area contributed by atoms with Crippen LogP contribution in [0.2, 0.25) is 0 Å². The van der Waals surface area contributed by atoms with Gasteiger partial charge in [0.05, 0.1) is 6.54 Å². The largest absolute Gasteiger partial charge is 0.372 e. The van der Waals surface area contributed by atoms with Crippen molar-refractivity contribution in [3.05, 3.63) is 41.5 Å². The minimum Gasteiger partial charge on any atom is -0.372 e. The van der Waals surface area contributed by atoms with Crippen molar-refractivity contribution in [2.75, 3.05) is 18.5 Å². The average Bonchev–Trinajstić information content (AvgIpc) is 3.18. The van der Waals surface area contributed by atoms with Gasteiger partial charge in [0, 0.05) is 44.8 Å². The number of carbonyl (C=O) groups is 1. The number of fused-ring (bicyclic) bond motifs is 2. The minimum absolute atomic E-state index is 0.0482. The van der Waals surface area contributed by atoms with Crippen LogP contribution in [0.1, 0.15) is 30.6 Å². The summed E-state index contributed by atoms with van der Waals surface area (Å²) in [6, 6.07) is 8.35. The number of aryl methyl sites for hydroxylation is 1. The minimum atomic E-state index is -0.0482. The Morgan fingerprint density at radius 3 is 3.04 bits per heavy atom. The van der Waals surface area contributed by atoms with E-state index in [2.05, 4.69) is 51.1 Å². The van der Waals surface area contributed by atoms with Gasteiger partial charge in [-0.1, -0.05) is 18.2 Å². The third kappa shape index (κ3) is 2.94. The molecule has 0 saturated heterocycles. The van der Waals surface area contributed by atoms with E-state index in [1.165, 1.54) is 11.3 Å². The van der Waals surface area contributed by atoms with Crippen molar-refractivity contribution in [2.24, 2.45) is 0 Å². The molecule has 0 radical (unpaired) electrons. The first-order valence-electron chi connectivity index (χ1n) is 8.88. The van der Waals surface area contributed by atoms with Crippen LogP contribution in [0.4, 0.5) is 10.5 Å². The molecule has 0 fully saturated rings. The molecule has 132 valence electrons. The van der Waals surface area contributed by atoms with Gasteiger partial charge in [-0.2, -0.15) is 0 Å². The van der Waals surface area contributed by atoms with E-state index in [1.807, 2.05) is 17.0 Å². The lowest BCUT2D eigenvalue weighted by atomic mass is 10.1. The summed E-state index contributed by atoms with van der Waals surface area (Å²) < 4.78 is 2.12. The highest BCUT2D eigenvalue weighted by atomic mass is 16.2. The molecular formula is C18H24N6O. The molecule has 4 rings (SSSR count). The molecular weight excluding hydrogens is 316 g/mol. The Kier molecular flexibility index (Phi) is 4.07. The van der Waals surface area contributed by atoms with E-state index in [1.54, 1.807) is 0 Å². The Balaban J connectivity index is 1.47. The van der Waals surface area contributed by atoms with Gasteiger partial charge in [0.1, 0.15) is 5.82 Å². The number of nitrogens with zero attached hydrogens (tertiary/aromatic N) is 5. The van der Waals surface area contributed by atoms with Crippen LogP contribution in [0, 0.1) is 0 Å². The lowest BCUT2D eigenvalue weighted by molar-refractivity contribution is 0.177. The molecule has 25 heavy (non-hydrogen) atoms. The number of rotatable bonds is 2. The fourth-order valence-electron chi connectivity index (χ4n) is 3.82. The van der Waals surface area contributed by atoms with E-state index in [0.717, 1.165) is 37.6 Å². The molecule has 1 aromatic carbocycles. The zero-order valence-electron chi connectivity index (χ0n) is 14.8. The molecule has 0 spiro atoms. The van der Waals surface area contributed by atoms with Crippen molar-refractivity contribution in [3.8, 4) is 0 Å². The molecule has 0 unspecified atom stereocenters. The monoisotopic (exact) mass is 340 g/mol. The zero-order chi connectivity index (χ0) is 17.4. The molecule has 3 heterocycles. The fourth-order valence-corrected chi connectivity index (χ4v) is 3.82. The van der Waals surface area contributed by atoms with Gasteiger partial charge in [0.15, 0.2) is 5.82 Å².